The number of hydrogen-bond donors (Lipinski definition) is 1. The van der Waals surface area contributed by atoms with E-state index in [-0.39, 0.29) is 6.17 Å². The number of quaternary nitrogens is 1. The molecule has 0 spiro atoms. The van der Waals surface area contributed by atoms with Crippen molar-refractivity contribution in [3.05, 3.63) is 53.9 Å². The summed E-state index contributed by atoms with van der Waals surface area (Å²) in [6.07, 6.45) is 2.16. The van der Waals surface area contributed by atoms with Crippen LogP contribution in [-0.2, 0) is 0 Å². The molecule has 0 saturated carbocycles. The Bertz CT molecular complexity index is 550. The molecule has 2 atom stereocenters. The largest absolute Gasteiger partial charge is 0.315 e. The van der Waals surface area contributed by atoms with Gasteiger partial charge in [0.1, 0.15) is 11.4 Å². The lowest BCUT2D eigenvalue weighted by Gasteiger charge is -2.22. The molecule has 0 amide bonds. The van der Waals surface area contributed by atoms with Gasteiger partial charge in [-0.25, -0.2) is 0 Å². The van der Waals surface area contributed by atoms with E-state index in [0.29, 0.717) is 0 Å². The summed E-state index contributed by atoms with van der Waals surface area (Å²) in [6.45, 7) is 2.11. The summed E-state index contributed by atoms with van der Waals surface area (Å²) < 4.78 is 0. The van der Waals surface area contributed by atoms with Crippen molar-refractivity contribution in [1.29, 1.82) is 0 Å². The van der Waals surface area contributed by atoms with Crippen molar-refractivity contribution in [2.75, 3.05) is 19.0 Å². The van der Waals surface area contributed by atoms with Gasteiger partial charge in [0.25, 0.3) is 0 Å². The molecule has 0 radical (unpaired) electrons. The lowest BCUT2D eigenvalue weighted by Crippen LogP contribution is -3.04. The third-order valence-electron chi connectivity index (χ3n) is 3.72. The second kappa shape index (κ2) is 4.10. The average molecular weight is 240 g/mol. The summed E-state index contributed by atoms with van der Waals surface area (Å²) >= 11 is 0. The van der Waals surface area contributed by atoms with Crippen LogP contribution in [0.4, 0.5) is 11.4 Å². The zero-order chi connectivity index (χ0) is 12.7. The van der Waals surface area contributed by atoms with Gasteiger partial charge in [-0.3, -0.25) is 9.88 Å². The number of nitrogens with zero attached hydrogens (tertiary/aromatic N) is 2. The van der Waals surface area contributed by atoms with E-state index in [4.69, 9.17) is 0 Å². The smallest absolute Gasteiger partial charge is 0.211 e. The summed E-state index contributed by atoms with van der Waals surface area (Å²) in [7, 11) is 4.35. The van der Waals surface area contributed by atoms with Crippen molar-refractivity contribution < 1.29 is 4.90 Å². The third-order valence-corrected chi connectivity index (χ3v) is 3.72. The van der Waals surface area contributed by atoms with Crippen LogP contribution in [0.3, 0.4) is 0 Å². The van der Waals surface area contributed by atoms with Gasteiger partial charge in [0.15, 0.2) is 5.69 Å². The molecule has 1 aliphatic heterocycles. The van der Waals surface area contributed by atoms with E-state index >= 15 is 0 Å². The molecule has 1 N–H and O–H groups in total. The summed E-state index contributed by atoms with van der Waals surface area (Å²) in [5, 5.41) is 0. The van der Waals surface area contributed by atoms with Gasteiger partial charge in [-0.1, -0.05) is 12.1 Å². The van der Waals surface area contributed by atoms with E-state index in [1.165, 1.54) is 21.8 Å². The Morgan fingerprint density at radius 1 is 1.22 bits per heavy atom. The van der Waals surface area contributed by atoms with Crippen molar-refractivity contribution in [1.82, 2.24) is 4.98 Å². The Morgan fingerprint density at radius 2 is 2.00 bits per heavy atom. The molecule has 2 unspecified atom stereocenters. The second-order valence-electron chi connectivity index (χ2n) is 4.97. The van der Waals surface area contributed by atoms with Crippen LogP contribution in [-0.4, -0.2) is 19.1 Å². The van der Waals surface area contributed by atoms with Crippen molar-refractivity contribution in [3.8, 4) is 0 Å². The van der Waals surface area contributed by atoms with Crippen LogP contribution < -0.4 is 9.80 Å². The average Bonchev–Trinajstić information content (AvgIpc) is 2.63. The van der Waals surface area contributed by atoms with Gasteiger partial charge < -0.3 is 4.90 Å². The highest BCUT2D eigenvalue weighted by molar-refractivity contribution is 5.65. The molecule has 3 nitrogen and oxygen atoms in total. The zero-order valence-electron chi connectivity index (χ0n) is 11.0. The Labute approximate surface area is 108 Å². The first-order valence-electron chi connectivity index (χ1n) is 6.26. The summed E-state index contributed by atoms with van der Waals surface area (Å²) in [6, 6.07) is 12.8. The fourth-order valence-corrected chi connectivity index (χ4v) is 2.82. The van der Waals surface area contributed by atoms with E-state index in [1.807, 2.05) is 12.3 Å². The van der Waals surface area contributed by atoms with Gasteiger partial charge in [0.2, 0.25) is 6.17 Å². The first-order valence-corrected chi connectivity index (χ1v) is 6.26. The molecular weight excluding hydrogens is 222 g/mol. The van der Waals surface area contributed by atoms with E-state index < -0.39 is 0 Å². The van der Waals surface area contributed by atoms with Crippen LogP contribution in [0, 0.1) is 6.92 Å². The quantitative estimate of drug-likeness (QED) is 0.818. The molecule has 1 aliphatic rings. The molecular formula is C15H18N3+. The van der Waals surface area contributed by atoms with E-state index in [2.05, 4.69) is 61.2 Å². The maximum atomic E-state index is 4.54. The van der Waals surface area contributed by atoms with Crippen molar-refractivity contribution in [2.45, 2.75) is 13.1 Å². The van der Waals surface area contributed by atoms with E-state index in [0.717, 1.165) is 5.69 Å². The lowest BCUT2D eigenvalue weighted by molar-refractivity contribution is -0.838. The number of pyridine rings is 1. The molecule has 3 rings (SSSR count). The number of aromatic nitrogens is 1. The molecule has 1 aromatic heterocycles. The van der Waals surface area contributed by atoms with Crippen molar-refractivity contribution >= 4 is 11.4 Å². The van der Waals surface area contributed by atoms with Crippen LogP contribution in [0.5, 0.6) is 0 Å². The number of anilines is 1. The monoisotopic (exact) mass is 240 g/mol. The molecule has 3 heteroatoms. The van der Waals surface area contributed by atoms with E-state index in [9.17, 15) is 0 Å². The van der Waals surface area contributed by atoms with Gasteiger partial charge in [0, 0.05) is 19.3 Å². The highest BCUT2D eigenvalue weighted by atomic mass is 15.4. The van der Waals surface area contributed by atoms with Gasteiger partial charge in [0.05, 0.1) is 7.05 Å². The van der Waals surface area contributed by atoms with Crippen LogP contribution in [0.2, 0.25) is 0 Å². The number of benzene rings is 1. The summed E-state index contributed by atoms with van der Waals surface area (Å²) in [5.41, 5.74) is 5.03. The molecule has 2 aromatic rings. The van der Waals surface area contributed by atoms with Gasteiger partial charge >= 0.3 is 0 Å². The fraction of sp³-hybridized carbons (Fsp3) is 0.267. The molecule has 0 fully saturated rings. The van der Waals surface area contributed by atoms with Gasteiger partial charge in [-0.15, -0.1) is 0 Å². The Hall–Kier alpha value is -1.87. The number of fused-ring (bicyclic) bond motifs is 1. The topological polar surface area (TPSA) is 20.6 Å². The first-order chi connectivity index (χ1) is 8.68. The molecule has 0 aliphatic carbocycles. The zero-order valence-corrected chi connectivity index (χ0v) is 11.0. The summed E-state index contributed by atoms with van der Waals surface area (Å²) in [5.74, 6) is 0. The number of aryl methyl sites for hydroxylation is 1. The number of nitrogens with one attached hydrogen (secondary N) is 1. The molecule has 0 saturated heterocycles. The maximum absolute atomic E-state index is 4.54. The normalized spacial score (nSPS) is 22.1. The van der Waals surface area contributed by atoms with Crippen molar-refractivity contribution in [3.63, 3.8) is 0 Å². The predicted molar refractivity (Wildman–Crippen MR) is 73.1 cm³/mol. The van der Waals surface area contributed by atoms with Gasteiger partial charge in [-0.05, 0) is 30.7 Å². The lowest BCUT2D eigenvalue weighted by atomic mass is 10.2. The predicted octanol–water partition coefficient (Wildman–Crippen LogP) is 1.68. The fourth-order valence-electron chi connectivity index (χ4n) is 2.82. The Kier molecular flexibility index (Phi) is 2.56. The van der Waals surface area contributed by atoms with E-state index in [1.54, 1.807) is 0 Å². The minimum Gasteiger partial charge on any atom is -0.315 e. The standard InChI is InChI=1S/C15H17N3/c1-11-8-9-16-12(10-11)15-17(2)13-6-4-5-7-14(13)18(15)3/h4-10,15H,1-3H3/p+1. The summed E-state index contributed by atoms with van der Waals surface area (Å²) in [4.78, 5) is 8.24. The molecule has 1 aromatic carbocycles. The minimum atomic E-state index is 0.266. The number of hydrogen-bond acceptors (Lipinski definition) is 2. The third kappa shape index (κ3) is 1.59. The van der Waals surface area contributed by atoms with Gasteiger partial charge in [-0.2, -0.15) is 0 Å². The highest BCUT2D eigenvalue weighted by Crippen LogP contribution is 2.32. The molecule has 0 bridgehead atoms. The second-order valence-corrected chi connectivity index (χ2v) is 4.97. The van der Waals surface area contributed by atoms with Crippen LogP contribution in [0.25, 0.3) is 0 Å². The minimum absolute atomic E-state index is 0.266. The van der Waals surface area contributed by atoms with Crippen LogP contribution in [0.15, 0.2) is 42.6 Å². The first kappa shape index (κ1) is 11.2. The van der Waals surface area contributed by atoms with Crippen LogP contribution in [0.1, 0.15) is 17.4 Å². The number of rotatable bonds is 1. The number of para-hydroxylation sites is 2. The maximum Gasteiger partial charge on any atom is 0.211 e. The molecule has 92 valence electrons. The highest BCUT2D eigenvalue weighted by Gasteiger charge is 2.37. The Balaban J connectivity index is 2.06. The molecule has 2 heterocycles. The van der Waals surface area contributed by atoms with Crippen molar-refractivity contribution in [2.24, 2.45) is 0 Å². The van der Waals surface area contributed by atoms with Crippen LogP contribution >= 0.6 is 0 Å². The Morgan fingerprint density at radius 3 is 2.72 bits per heavy atom. The molecule has 18 heavy (non-hydrogen) atoms. The SMILES string of the molecule is Cc1ccnc(C2N(C)c3ccccc3[NH+]2C)c1.